The zero-order chi connectivity index (χ0) is 19.3. The minimum absolute atomic E-state index is 0.303. The average molecular weight is 383 g/mol. The highest BCUT2D eigenvalue weighted by atomic mass is 16.5. The van der Waals surface area contributed by atoms with Crippen LogP contribution in [0.5, 0.6) is 5.75 Å². The van der Waals surface area contributed by atoms with E-state index in [0.29, 0.717) is 24.9 Å². The van der Waals surface area contributed by atoms with Crippen LogP contribution in [-0.2, 0) is 19.7 Å². The van der Waals surface area contributed by atoms with Crippen molar-refractivity contribution in [2.45, 2.75) is 33.5 Å². The van der Waals surface area contributed by atoms with E-state index in [1.165, 1.54) is 11.1 Å². The van der Waals surface area contributed by atoms with Gasteiger partial charge >= 0.3 is 0 Å². The topological polar surface area (TPSA) is 80.7 Å². The zero-order valence-electron chi connectivity index (χ0n) is 16.3. The summed E-state index contributed by atoms with van der Waals surface area (Å²) >= 11 is 0. The van der Waals surface area contributed by atoms with E-state index in [0.717, 1.165) is 44.2 Å². The smallest absolute Gasteiger partial charge is 0.240 e. The summed E-state index contributed by atoms with van der Waals surface area (Å²) in [7, 11) is 0. The number of benzene rings is 1. The quantitative estimate of drug-likeness (QED) is 0.616. The maximum absolute atomic E-state index is 5.80. The highest BCUT2D eigenvalue weighted by Crippen LogP contribution is 2.17. The Bertz CT molecular complexity index is 865. The molecule has 8 heteroatoms. The minimum atomic E-state index is 0.303. The van der Waals surface area contributed by atoms with Crippen LogP contribution in [0.15, 0.2) is 39.6 Å². The van der Waals surface area contributed by atoms with Gasteiger partial charge in [-0.05, 0) is 37.1 Å². The molecule has 1 saturated heterocycles. The van der Waals surface area contributed by atoms with E-state index in [9.17, 15) is 0 Å². The van der Waals surface area contributed by atoms with Crippen molar-refractivity contribution in [2.75, 3.05) is 26.2 Å². The number of ether oxygens (including phenoxy) is 1. The lowest BCUT2D eigenvalue weighted by atomic mass is 10.1. The van der Waals surface area contributed by atoms with Crippen molar-refractivity contribution in [2.24, 2.45) is 0 Å². The van der Waals surface area contributed by atoms with Gasteiger partial charge in [0.25, 0.3) is 0 Å². The van der Waals surface area contributed by atoms with Crippen molar-refractivity contribution >= 4 is 0 Å². The highest BCUT2D eigenvalue weighted by Gasteiger charge is 2.20. The Morgan fingerprint density at radius 3 is 2.36 bits per heavy atom. The lowest BCUT2D eigenvalue weighted by Crippen LogP contribution is -2.45. The molecule has 0 unspecified atom stereocenters. The number of rotatable bonds is 7. The molecule has 28 heavy (non-hydrogen) atoms. The van der Waals surface area contributed by atoms with Crippen LogP contribution in [0.2, 0.25) is 0 Å². The van der Waals surface area contributed by atoms with Crippen LogP contribution in [0.1, 0.15) is 28.5 Å². The molecule has 0 radical (unpaired) electrons. The number of hydrogen-bond donors (Lipinski definition) is 0. The first-order valence-electron chi connectivity index (χ1n) is 9.50. The molecule has 1 aromatic carbocycles. The Labute approximate surface area is 164 Å². The second-order valence-corrected chi connectivity index (χ2v) is 7.26. The fraction of sp³-hybridized carbons (Fsp3) is 0.450. The second kappa shape index (κ2) is 8.53. The summed E-state index contributed by atoms with van der Waals surface area (Å²) in [6, 6.07) is 8.04. The molecule has 0 saturated carbocycles. The average Bonchev–Trinajstić information content (AvgIpc) is 3.33. The third kappa shape index (κ3) is 4.96. The minimum Gasteiger partial charge on any atom is -0.485 e. The Kier molecular flexibility index (Phi) is 5.68. The van der Waals surface area contributed by atoms with Gasteiger partial charge in [-0.2, -0.15) is 4.98 Å². The summed E-state index contributed by atoms with van der Waals surface area (Å²) in [6.45, 7) is 9.75. The van der Waals surface area contributed by atoms with Gasteiger partial charge < -0.3 is 13.8 Å². The molecular weight excluding hydrogens is 358 g/mol. The summed E-state index contributed by atoms with van der Waals surface area (Å²) < 4.78 is 16.1. The Hall–Kier alpha value is -2.71. The van der Waals surface area contributed by atoms with Crippen molar-refractivity contribution in [3.05, 3.63) is 59.1 Å². The van der Waals surface area contributed by atoms with Gasteiger partial charge in [0.2, 0.25) is 11.7 Å². The molecule has 1 fully saturated rings. The van der Waals surface area contributed by atoms with E-state index in [1.807, 2.05) is 18.2 Å². The fourth-order valence-corrected chi connectivity index (χ4v) is 3.42. The summed E-state index contributed by atoms with van der Waals surface area (Å²) in [6.07, 6.45) is 1.61. The summed E-state index contributed by atoms with van der Waals surface area (Å²) in [5.41, 5.74) is 3.32. The zero-order valence-corrected chi connectivity index (χ0v) is 16.3. The molecule has 3 heterocycles. The molecule has 0 bridgehead atoms. The number of aromatic nitrogens is 3. The Balaban J connectivity index is 1.23. The molecule has 1 aliphatic heterocycles. The molecule has 148 valence electrons. The molecule has 0 aliphatic carbocycles. The summed E-state index contributed by atoms with van der Waals surface area (Å²) in [5, 5.41) is 8.01. The van der Waals surface area contributed by atoms with E-state index < -0.39 is 0 Å². The maximum Gasteiger partial charge on any atom is 0.240 e. The first kappa shape index (κ1) is 18.6. The van der Waals surface area contributed by atoms with Crippen LogP contribution in [0.3, 0.4) is 0 Å². The summed E-state index contributed by atoms with van der Waals surface area (Å²) in [5.74, 6) is 2.02. The van der Waals surface area contributed by atoms with E-state index >= 15 is 0 Å². The fourth-order valence-electron chi connectivity index (χ4n) is 3.42. The largest absolute Gasteiger partial charge is 0.485 e. The van der Waals surface area contributed by atoms with Crippen LogP contribution in [-0.4, -0.2) is 51.3 Å². The van der Waals surface area contributed by atoms with Crippen molar-refractivity contribution in [1.29, 1.82) is 0 Å². The van der Waals surface area contributed by atoms with Crippen molar-refractivity contribution in [3.8, 4) is 5.75 Å². The monoisotopic (exact) mass is 383 g/mol. The van der Waals surface area contributed by atoms with Gasteiger partial charge in [-0.1, -0.05) is 16.4 Å². The number of hydrogen-bond acceptors (Lipinski definition) is 8. The van der Waals surface area contributed by atoms with Crippen LogP contribution in [0.25, 0.3) is 0 Å². The molecular formula is C20H25N5O3. The van der Waals surface area contributed by atoms with Gasteiger partial charge in [0.1, 0.15) is 12.0 Å². The van der Waals surface area contributed by atoms with E-state index in [-0.39, 0.29) is 0 Å². The van der Waals surface area contributed by atoms with Crippen LogP contribution >= 0.6 is 0 Å². The third-order valence-corrected chi connectivity index (χ3v) is 4.77. The molecule has 0 atom stereocenters. The lowest BCUT2D eigenvalue weighted by molar-refractivity contribution is 0.110. The number of piperazine rings is 1. The first-order chi connectivity index (χ1) is 13.6. The van der Waals surface area contributed by atoms with E-state index in [4.69, 9.17) is 13.8 Å². The van der Waals surface area contributed by atoms with Gasteiger partial charge in [-0.25, -0.2) is 0 Å². The Morgan fingerprint density at radius 2 is 1.68 bits per heavy atom. The van der Waals surface area contributed by atoms with Crippen molar-refractivity contribution in [3.63, 3.8) is 0 Å². The van der Waals surface area contributed by atoms with Crippen LogP contribution < -0.4 is 4.74 Å². The van der Waals surface area contributed by atoms with Crippen LogP contribution in [0, 0.1) is 13.8 Å². The molecule has 4 rings (SSSR count). The Morgan fingerprint density at radius 1 is 0.964 bits per heavy atom. The first-order valence-corrected chi connectivity index (χ1v) is 9.50. The van der Waals surface area contributed by atoms with Gasteiger partial charge in [-0.15, -0.1) is 0 Å². The molecule has 8 nitrogen and oxygen atoms in total. The number of nitrogens with zero attached hydrogens (tertiary/aromatic N) is 5. The molecule has 0 N–H and O–H groups in total. The molecule has 1 aliphatic rings. The molecule has 2 aromatic heterocycles. The predicted octanol–water partition coefficient (Wildman–Crippen LogP) is 2.57. The summed E-state index contributed by atoms with van der Waals surface area (Å²) in [4.78, 5) is 9.15. The van der Waals surface area contributed by atoms with Crippen LogP contribution in [0.4, 0.5) is 0 Å². The third-order valence-electron chi connectivity index (χ3n) is 4.77. The molecule has 0 amide bonds. The van der Waals surface area contributed by atoms with Crippen molar-refractivity contribution < 1.29 is 13.8 Å². The SMILES string of the molecule is Cc1cc(C)cc(OCc2noc(CN3CCN(Cc4ccon4)CC3)n2)c1. The normalized spacial score (nSPS) is 15.8. The molecule has 3 aromatic rings. The maximum atomic E-state index is 5.80. The molecule has 0 spiro atoms. The standard InChI is InChI=1S/C20H25N5O3/c1-15-9-16(2)11-18(10-15)26-14-19-21-20(28-23-19)13-25-6-4-24(5-7-25)12-17-3-8-27-22-17/h3,8-11H,4-7,12-14H2,1-2H3. The van der Waals surface area contributed by atoms with E-state index in [1.54, 1.807) is 6.26 Å². The lowest BCUT2D eigenvalue weighted by Gasteiger charge is -2.33. The van der Waals surface area contributed by atoms with Gasteiger partial charge in [0.05, 0.1) is 12.2 Å². The highest BCUT2D eigenvalue weighted by molar-refractivity contribution is 5.33. The van der Waals surface area contributed by atoms with Gasteiger partial charge in [0, 0.05) is 38.8 Å². The van der Waals surface area contributed by atoms with Gasteiger partial charge in [-0.3, -0.25) is 9.80 Å². The predicted molar refractivity (Wildman–Crippen MR) is 102 cm³/mol. The van der Waals surface area contributed by atoms with Crippen molar-refractivity contribution in [1.82, 2.24) is 25.1 Å². The van der Waals surface area contributed by atoms with Gasteiger partial charge in [0.15, 0.2) is 6.61 Å². The second-order valence-electron chi connectivity index (χ2n) is 7.26. The number of aryl methyl sites for hydroxylation is 2. The van der Waals surface area contributed by atoms with E-state index in [2.05, 4.69) is 45.0 Å².